The fraction of sp³-hybridized carbons (Fsp3) is 0.259. The van der Waals surface area contributed by atoms with E-state index in [2.05, 4.69) is 5.32 Å². The number of benzene rings is 3. The Morgan fingerprint density at radius 2 is 1.56 bits per heavy atom. The Balaban J connectivity index is 1.93. The number of nitrogens with one attached hydrogen (secondary N) is 1. The minimum absolute atomic E-state index is 0.205. The van der Waals surface area contributed by atoms with E-state index in [0.29, 0.717) is 27.9 Å². The van der Waals surface area contributed by atoms with Crippen LogP contribution in [0.4, 0.5) is 0 Å². The molecule has 0 spiro atoms. The van der Waals surface area contributed by atoms with E-state index in [1.807, 2.05) is 56.3 Å². The molecule has 2 amide bonds. The van der Waals surface area contributed by atoms with Gasteiger partial charge in [0.2, 0.25) is 5.91 Å². The van der Waals surface area contributed by atoms with Gasteiger partial charge in [-0.25, -0.2) is 0 Å². The molecule has 34 heavy (non-hydrogen) atoms. The number of ether oxygens (including phenoxy) is 1. The molecule has 1 N–H and O–H groups in total. The second-order valence-corrected chi connectivity index (χ2v) is 9.16. The zero-order valence-corrected chi connectivity index (χ0v) is 20.7. The average Bonchev–Trinajstić information content (AvgIpc) is 2.83. The highest BCUT2D eigenvalue weighted by Crippen LogP contribution is 2.26. The van der Waals surface area contributed by atoms with Crippen LogP contribution in [0.3, 0.4) is 0 Å². The summed E-state index contributed by atoms with van der Waals surface area (Å²) in [6, 6.07) is 22.6. The van der Waals surface area contributed by atoms with Crippen molar-refractivity contribution in [1.29, 1.82) is 0 Å². The van der Waals surface area contributed by atoms with Crippen molar-refractivity contribution in [2.45, 2.75) is 26.4 Å². The van der Waals surface area contributed by atoms with Crippen molar-refractivity contribution in [2.24, 2.45) is 5.92 Å². The second kappa shape index (κ2) is 12.4. The predicted molar refractivity (Wildman–Crippen MR) is 136 cm³/mol. The number of nitrogens with zero attached hydrogens (tertiary/aromatic N) is 1. The van der Waals surface area contributed by atoms with Gasteiger partial charge < -0.3 is 15.0 Å². The van der Waals surface area contributed by atoms with Gasteiger partial charge in [-0.3, -0.25) is 9.59 Å². The molecular formula is C27H28Cl2N2O3. The van der Waals surface area contributed by atoms with Crippen LogP contribution in [0.1, 0.15) is 31.0 Å². The van der Waals surface area contributed by atoms with Crippen LogP contribution in [-0.4, -0.2) is 29.9 Å². The Morgan fingerprint density at radius 1 is 0.912 bits per heavy atom. The van der Waals surface area contributed by atoms with Crippen molar-refractivity contribution in [3.8, 4) is 5.75 Å². The van der Waals surface area contributed by atoms with Gasteiger partial charge in [0.1, 0.15) is 11.8 Å². The third-order valence-electron chi connectivity index (χ3n) is 5.13. The Labute approximate surface area is 210 Å². The zero-order chi connectivity index (χ0) is 24.5. The molecule has 1 unspecified atom stereocenters. The molecular weight excluding hydrogens is 471 g/mol. The van der Waals surface area contributed by atoms with Crippen LogP contribution in [0.15, 0.2) is 78.9 Å². The molecule has 1 atom stereocenters. The van der Waals surface area contributed by atoms with Crippen LogP contribution in [0.2, 0.25) is 10.0 Å². The molecule has 5 nitrogen and oxygen atoms in total. The van der Waals surface area contributed by atoms with Crippen molar-refractivity contribution in [3.63, 3.8) is 0 Å². The summed E-state index contributed by atoms with van der Waals surface area (Å²) in [7, 11) is 0. The standard InChI is InChI=1S/C27H28Cl2N2O3/c1-19(2)16-30-27(33)26(21-8-4-3-5-9-21)31(17-20-12-14-22(28)15-13-20)25(32)18-34-24-11-7-6-10-23(24)29/h3-15,19,26H,16-18H2,1-2H3,(H,30,33). The number of amides is 2. The van der Waals surface area contributed by atoms with Gasteiger partial charge in [0.15, 0.2) is 6.61 Å². The minimum atomic E-state index is -0.835. The molecule has 3 aromatic rings. The lowest BCUT2D eigenvalue weighted by Gasteiger charge is -2.32. The highest BCUT2D eigenvalue weighted by molar-refractivity contribution is 6.32. The molecule has 0 aliphatic rings. The fourth-order valence-electron chi connectivity index (χ4n) is 3.40. The van der Waals surface area contributed by atoms with E-state index < -0.39 is 6.04 Å². The molecule has 0 aliphatic heterocycles. The van der Waals surface area contributed by atoms with Crippen LogP contribution in [0.25, 0.3) is 0 Å². The molecule has 0 aromatic heterocycles. The number of hydrogen-bond acceptors (Lipinski definition) is 3. The van der Waals surface area contributed by atoms with Gasteiger partial charge >= 0.3 is 0 Å². The number of carbonyl (C=O) groups excluding carboxylic acids is 2. The van der Waals surface area contributed by atoms with Crippen molar-refractivity contribution < 1.29 is 14.3 Å². The highest BCUT2D eigenvalue weighted by atomic mass is 35.5. The van der Waals surface area contributed by atoms with E-state index in [0.717, 1.165) is 5.56 Å². The number of carbonyl (C=O) groups is 2. The van der Waals surface area contributed by atoms with Crippen molar-refractivity contribution in [3.05, 3.63) is 100 Å². The summed E-state index contributed by atoms with van der Waals surface area (Å²) < 4.78 is 5.72. The van der Waals surface area contributed by atoms with E-state index >= 15 is 0 Å². The van der Waals surface area contributed by atoms with Gasteiger partial charge in [-0.1, -0.05) is 91.6 Å². The molecule has 3 rings (SSSR count). The molecule has 0 fully saturated rings. The summed E-state index contributed by atoms with van der Waals surface area (Å²) in [5.41, 5.74) is 1.55. The van der Waals surface area contributed by atoms with Crippen LogP contribution in [0, 0.1) is 5.92 Å². The maximum atomic E-state index is 13.5. The first-order valence-electron chi connectivity index (χ1n) is 11.1. The maximum absolute atomic E-state index is 13.5. The number of halogens is 2. The van der Waals surface area contributed by atoms with Crippen molar-refractivity contribution >= 4 is 35.0 Å². The van der Waals surface area contributed by atoms with Gasteiger partial charge in [0.05, 0.1) is 5.02 Å². The summed E-state index contributed by atoms with van der Waals surface area (Å²) in [5.74, 6) is 0.0807. The van der Waals surface area contributed by atoms with Gasteiger partial charge in [0.25, 0.3) is 5.91 Å². The van der Waals surface area contributed by atoms with Crippen LogP contribution >= 0.6 is 23.2 Å². The van der Waals surface area contributed by atoms with E-state index in [9.17, 15) is 9.59 Å². The second-order valence-electron chi connectivity index (χ2n) is 8.32. The Bertz CT molecular complexity index is 1090. The van der Waals surface area contributed by atoms with E-state index in [-0.39, 0.29) is 30.9 Å². The van der Waals surface area contributed by atoms with Crippen LogP contribution < -0.4 is 10.1 Å². The fourth-order valence-corrected chi connectivity index (χ4v) is 3.72. The van der Waals surface area contributed by atoms with Gasteiger partial charge in [-0.05, 0) is 41.3 Å². The first-order valence-corrected chi connectivity index (χ1v) is 11.8. The topological polar surface area (TPSA) is 58.6 Å². The maximum Gasteiger partial charge on any atom is 0.261 e. The normalized spacial score (nSPS) is 11.7. The summed E-state index contributed by atoms with van der Waals surface area (Å²) in [6.45, 7) is 4.48. The van der Waals surface area contributed by atoms with E-state index in [4.69, 9.17) is 27.9 Å². The first-order chi connectivity index (χ1) is 16.3. The minimum Gasteiger partial charge on any atom is -0.482 e. The molecule has 0 saturated carbocycles. The quantitative estimate of drug-likeness (QED) is 0.377. The first kappa shape index (κ1) is 25.6. The van der Waals surface area contributed by atoms with Crippen molar-refractivity contribution in [1.82, 2.24) is 10.2 Å². The predicted octanol–water partition coefficient (Wildman–Crippen LogP) is 5.91. The highest BCUT2D eigenvalue weighted by Gasteiger charge is 2.32. The smallest absolute Gasteiger partial charge is 0.261 e. The van der Waals surface area contributed by atoms with Gasteiger partial charge in [-0.2, -0.15) is 0 Å². The zero-order valence-electron chi connectivity index (χ0n) is 19.2. The Kier molecular flexibility index (Phi) is 9.37. The largest absolute Gasteiger partial charge is 0.482 e. The lowest BCUT2D eigenvalue weighted by Crippen LogP contribution is -2.45. The summed E-state index contributed by atoms with van der Waals surface area (Å²) in [5, 5.41) is 3.98. The molecule has 7 heteroatoms. The Hall–Kier alpha value is -3.02. The van der Waals surface area contributed by atoms with Crippen LogP contribution in [0.5, 0.6) is 5.75 Å². The molecule has 0 bridgehead atoms. The molecule has 0 heterocycles. The molecule has 3 aromatic carbocycles. The van der Waals surface area contributed by atoms with Crippen LogP contribution in [-0.2, 0) is 16.1 Å². The molecule has 178 valence electrons. The number of rotatable bonds is 10. The third kappa shape index (κ3) is 7.24. The summed E-state index contributed by atoms with van der Waals surface area (Å²) >= 11 is 12.2. The third-order valence-corrected chi connectivity index (χ3v) is 5.70. The average molecular weight is 499 g/mol. The number of hydrogen-bond donors (Lipinski definition) is 1. The van der Waals surface area contributed by atoms with Gasteiger partial charge in [-0.15, -0.1) is 0 Å². The van der Waals surface area contributed by atoms with E-state index in [1.165, 1.54) is 4.90 Å². The molecule has 0 aliphatic carbocycles. The van der Waals surface area contributed by atoms with Gasteiger partial charge in [0, 0.05) is 18.1 Å². The summed E-state index contributed by atoms with van der Waals surface area (Å²) in [6.07, 6.45) is 0. The van der Waals surface area contributed by atoms with Crippen molar-refractivity contribution in [2.75, 3.05) is 13.2 Å². The Morgan fingerprint density at radius 3 is 2.21 bits per heavy atom. The lowest BCUT2D eigenvalue weighted by molar-refractivity contribution is -0.143. The monoisotopic (exact) mass is 498 g/mol. The molecule has 0 radical (unpaired) electrons. The van der Waals surface area contributed by atoms with E-state index in [1.54, 1.807) is 36.4 Å². The number of para-hydroxylation sites is 1. The summed E-state index contributed by atoms with van der Waals surface area (Å²) in [4.78, 5) is 28.4. The molecule has 0 saturated heterocycles. The lowest BCUT2D eigenvalue weighted by atomic mass is 10.0. The SMILES string of the molecule is CC(C)CNC(=O)C(c1ccccc1)N(Cc1ccc(Cl)cc1)C(=O)COc1ccccc1Cl.